The average Bonchev–Trinajstić information content (AvgIpc) is 3.03. The number of likely N-dealkylation sites (tertiary alicyclic amines) is 1. The molecule has 268 valence electrons. The lowest BCUT2D eigenvalue weighted by Gasteiger charge is -2.34. The highest BCUT2D eigenvalue weighted by molar-refractivity contribution is 5.85. The van der Waals surface area contributed by atoms with Gasteiger partial charge in [0, 0.05) is 48.6 Å². The van der Waals surface area contributed by atoms with Crippen LogP contribution >= 0.6 is 0 Å². The van der Waals surface area contributed by atoms with E-state index in [0.29, 0.717) is 4.57 Å². The van der Waals surface area contributed by atoms with E-state index in [4.69, 9.17) is 4.74 Å². The van der Waals surface area contributed by atoms with Crippen LogP contribution in [0.15, 0.2) is 59.5 Å². The van der Waals surface area contributed by atoms with Gasteiger partial charge in [0.25, 0.3) is 5.56 Å². The fourth-order valence-electron chi connectivity index (χ4n) is 6.53. The fraction of sp³-hybridized carbons (Fsp3) is 0.306. The molecular formula is C36H30F7N3O5. The maximum atomic E-state index is 15.9. The van der Waals surface area contributed by atoms with Crippen molar-refractivity contribution < 1.29 is 50.2 Å². The van der Waals surface area contributed by atoms with E-state index in [9.17, 15) is 41.4 Å². The van der Waals surface area contributed by atoms with Crippen LogP contribution in [0.4, 0.5) is 30.7 Å². The van der Waals surface area contributed by atoms with E-state index in [-0.39, 0.29) is 71.4 Å². The number of halogens is 7. The Balaban J connectivity index is 1.59. The van der Waals surface area contributed by atoms with Crippen molar-refractivity contribution in [2.75, 3.05) is 19.6 Å². The summed E-state index contributed by atoms with van der Waals surface area (Å²) in [5.41, 5.74) is -3.61. The summed E-state index contributed by atoms with van der Waals surface area (Å²) in [6.45, 7) is 2.78. The monoisotopic (exact) mass is 717 g/mol. The largest absolute Gasteiger partial charge is 0.481 e. The number of rotatable bonds is 6. The number of hydrogen-bond acceptors (Lipinski definition) is 5. The minimum atomic E-state index is -5.00. The number of nitrogens with one attached hydrogen (secondary N) is 1. The molecule has 1 amide bonds. The zero-order chi connectivity index (χ0) is 36.9. The first-order chi connectivity index (χ1) is 24.0. The molecule has 0 radical (unpaired) electrons. The van der Waals surface area contributed by atoms with Gasteiger partial charge in [-0.1, -0.05) is 0 Å². The SMILES string of the molecule is Cc1cc2cc(c1F)[C@@H](CC(=O)O)NC(=O)[C@H](n1cc(CCN3CC(F)C3)c(C(F)(F)F)cc1=O)c1cc(ccc1F)Oc1ccc(F)c(C)c1-2. The number of ether oxygens (including phenoxy) is 1. The third kappa shape index (κ3) is 7.07. The summed E-state index contributed by atoms with van der Waals surface area (Å²) in [7, 11) is 0. The molecule has 6 rings (SSSR count). The molecule has 0 saturated carbocycles. The third-order valence-electron chi connectivity index (χ3n) is 9.10. The number of aliphatic carboxylic acids is 1. The summed E-state index contributed by atoms with van der Waals surface area (Å²) in [5.74, 6) is -5.51. The van der Waals surface area contributed by atoms with Gasteiger partial charge in [-0.2, -0.15) is 13.2 Å². The van der Waals surface area contributed by atoms with Crippen molar-refractivity contribution in [1.29, 1.82) is 0 Å². The molecule has 1 fully saturated rings. The lowest BCUT2D eigenvalue weighted by atomic mass is 9.92. The number of amides is 1. The Labute approximate surface area is 286 Å². The fourth-order valence-corrected chi connectivity index (χ4v) is 6.53. The zero-order valence-electron chi connectivity index (χ0n) is 27.1. The van der Waals surface area contributed by atoms with Crippen LogP contribution in [0, 0.1) is 31.3 Å². The molecule has 4 bridgehead atoms. The molecule has 8 nitrogen and oxygen atoms in total. The molecule has 3 aromatic carbocycles. The average molecular weight is 718 g/mol. The number of carboxylic acid groups (broad SMARTS) is 1. The Kier molecular flexibility index (Phi) is 9.44. The molecule has 2 aliphatic rings. The van der Waals surface area contributed by atoms with Crippen molar-refractivity contribution >= 4 is 11.9 Å². The Bertz CT molecular complexity index is 2110. The Morgan fingerprint density at radius 3 is 2.35 bits per heavy atom. The maximum absolute atomic E-state index is 15.9. The summed E-state index contributed by atoms with van der Waals surface area (Å²) >= 11 is 0. The van der Waals surface area contributed by atoms with Gasteiger partial charge in [-0.05, 0) is 85.0 Å². The quantitative estimate of drug-likeness (QED) is 0.213. The summed E-state index contributed by atoms with van der Waals surface area (Å²) in [5, 5.41) is 12.2. The molecule has 2 aliphatic heterocycles. The Hall–Kier alpha value is -5.18. The van der Waals surface area contributed by atoms with Crippen LogP contribution in [-0.2, 0) is 22.2 Å². The van der Waals surface area contributed by atoms with Gasteiger partial charge in [-0.25, -0.2) is 17.6 Å². The molecule has 15 heteroatoms. The zero-order valence-corrected chi connectivity index (χ0v) is 27.1. The van der Waals surface area contributed by atoms with Crippen molar-refractivity contribution in [3.8, 4) is 22.6 Å². The van der Waals surface area contributed by atoms with E-state index < -0.39 is 82.4 Å². The summed E-state index contributed by atoms with van der Waals surface area (Å²) in [6.07, 6.45) is -6.61. The first-order valence-electron chi connectivity index (χ1n) is 15.8. The minimum Gasteiger partial charge on any atom is -0.481 e. The van der Waals surface area contributed by atoms with E-state index in [2.05, 4.69) is 5.32 Å². The number of carbonyl (C=O) groups excluding carboxylic acids is 1. The predicted molar refractivity (Wildman–Crippen MR) is 170 cm³/mol. The summed E-state index contributed by atoms with van der Waals surface area (Å²) in [4.78, 5) is 41.4. The Morgan fingerprint density at radius 2 is 1.69 bits per heavy atom. The second-order valence-corrected chi connectivity index (χ2v) is 12.7. The number of carboxylic acids is 1. The Morgan fingerprint density at radius 1 is 0.980 bits per heavy atom. The van der Waals surface area contributed by atoms with Gasteiger partial charge in [-0.3, -0.25) is 23.9 Å². The van der Waals surface area contributed by atoms with Crippen LogP contribution in [0.2, 0.25) is 0 Å². The van der Waals surface area contributed by atoms with Crippen molar-refractivity contribution in [2.45, 2.75) is 51.1 Å². The van der Waals surface area contributed by atoms with E-state index in [1.54, 1.807) is 4.90 Å². The molecule has 2 N–H and O–H groups in total. The lowest BCUT2D eigenvalue weighted by Crippen LogP contribution is -2.49. The highest BCUT2D eigenvalue weighted by Crippen LogP contribution is 2.41. The number of hydrogen-bond donors (Lipinski definition) is 2. The van der Waals surface area contributed by atoms with Crippen molar-refractivity contribution in [1.82, 2.24) is 14.8 Å². The van der Waals surface area contributed by atoms with Crippen molar-refractivity contribution in [3.05, 3.63) is 116 Å². The molecule has 0 unspecified atom stereocenters. The van der Waals surface area contributed by atoms with Gasteiger partial charge in [0.1, 0.15) is 41.2 Å². The molecule has 51 heavy (non-hydrogen) atoms. The lowest BCUT2D eigenvalue weighted by molar-refractivity contribution is -0.139. The number of carbonyl (C=O) groups is 2. The topological polar surface area (TPSA) is 101 Å². The number of nitrogens with zero attached hydrogens (tertiary/aromatic N) is 2. The van der Waals surface area contributed by atoms with Crippen LogP contribution in [0.1, 0.15) is 51.9 Å². The van der Waals surface area contributed by atoms with Gasteiger partial charge < -0.3 is 15.2 Å². The highest BCUT2D eigenvalue weighted by atomic mass is 19.4. The van der Waals surface area contributed by atoms with Gasteiger partial charge in [0.2, 0.25) is 5.91 Å². The third-order valence-corrected chi connectivity index (χ3v) is 9.10. The number of aromatic nitrogens is 1. The molecule has 0 spiro atoms. The maximum Gasteiger partial charge on any atom is 0.416 e. The number of alkyl halides is 4. The van der Waals surface area contributed by atoms with E-state index in [0.717, 1.165) is 24.4 Å². The molecule has 1 saturated heterocycles. The highest BCUT2D eigenvalue weighted by Gasteiger charge is 2.38. The summed E-state index contributed by atoms with van der Waals surface area (Å²) in [6, 6.07) is 4.62. The number of aryl methyl sites for hydroxylation is 1. The van der Waals surface area contributed by atoms with Crippen LogP contribution in [-0.4, -0.2) is 52.3 Å². The van der Waals surface area contributed by atoms with E-state index in [1.165, 1.54) is 38.1 Å². The van der Waals surface area contributed by atoms with Crippen molar-refractivity contribution in [2.24, 2.45) is 0 Å². The van der Waals surface area contributed by atoms with E-state index >= 15 is 8.78 Å². The van der Waals surface area contributed by atoms with Crippen LogP contribution in [0.3, 0.4) is 0 Å². The molecule has 4 aromatic rings. The number of pyridine rings is 1. The first kappa shape index (κ1) is 35.6. The van der Waals surface area contributed by atoms with Crippen LogP contribution in [0.5, 0.6) is 11.5 Å². The number of benzene rings is 3. The van der Waals surface area contributed by atoms with Crippen LogP contribution < -0.4 is 15.6 Å². The normalized spacial score (nSPS) is 18.0. The van der Waals surface area contributed by atoms with E-state index in [1.807, 2.05) is 0 Å². The second-order valence-electron chi connectivity index (χ2n) is 12.7. The standard InChI is InChI=1S/C36H30F7N3O5/c1-17-9-20-10-24(33(17)40)28(13-31(48)49)44-35(50)34(23-11-22(3-4-27(23)39)51-29-6-5-26(38)18(2)32(20)29)46-14-19(7-8-45-15-21(37)16-45)25(12-30(46)47)36(41,42)43/h3-6,9-12,14,21,28,34H,7-8,13,15-16H2,1-2H3,(H,44,50)(H,48,49)/t28-,34-/m1/s1. The van der Waals surface area contributed by atoms with Gasteiger partial charge in [0.05, 0.1) is 18.0 Å². The smallest absolute Gasteiger partial charge is 0.416 e. The molecule has 1 aromatic heterocycles. The predicted octanol–water partition coefficient (Wildman–Crippen LogP) is 6.79. The minimum absolute atomic E-state index is 0.00151. The molecule has 3 heterocycles. The first-order valence-corrected chi connectivity index (χ1v) is 15.8. The molecular weight excluding hydrogens is 687 g/mol. The van der Waals surface area contributed by atoms with Gasteiger partial charge >= 0.3 is 12.1 Å². The number of fused-ring (bicyclic) bond motifs is 6. The van der Waals surface area contributed by atoms with Gasteiger partial charge in [0.15, 0.2) is 0 Å². The van der Waals surface area contributed by atoms with Crippen molar-refractivity contribution in [3.63, 3.8) is 0 Å². The molecule has 2 atom stereocenters. The molecule has 0 aliphatic carbocycles. The van der Waals surface area contributed by atoms with Gasteiger partial charge in [-0.15, -0.1) is 0 Å². The summed E-state index contributed by atoms with van der Waals surface area (Å²) < 4.78 is 109. The second kappa shape index (κ2) is 13.5. The van der Waals surface area contributed by atoms with Crippen LogP contribution in [0.25, 0.3) is 11.1 Å².